The molecule has 0 saturated carbocycles. The van der Waals surface area contributed by atoms with E-state index in [0.717, 1.165) is 0 Å². The summed E-state index contributed by atoms with van der Waals surface area (Å²) in [6.45, 7) is 3.95. The van der Waals surface area contributed by atoms with Crippen molar-refractivity contribution in [2.45, 2.75) is 33.1 Å². The van der Waals surface area contributed by atoms with Crippen LogP contribution >= 0.6 is 0 Å². The van der Waals surface area contributed by atoms with Gasteiger partial charge in [-0.2, -0.15) is 0 Å². The molecule has 14 heavy (non-hydrogen) atoms. The van der Waals surface area contributed by atoms with Crippen LogP contribution < -0.4 is 5.32 Å². The molecular formula is C10H19NO3. The normalized spacial score (nSPS) is 10.3. The molecule has 0 spiro atoms. The summed E-state index contributed by atoms with van der Waals surface area (Å²) in [5.41, 5.74) is 0. The number of ketones is 1. The van der Waals surface area contributed by atoms with Gasteiger partial charge < -0.3 is 10.4 Å². The van der Waals surface area contributed by atoms with Gasteiger partial charge in [0, 0.05) is 25.3 Å². The number of hydrogen-bond acceptors (Lipinski definition) is 3. The van der Waals surface area contributed by atoms with Crippen LogP contribution in [0.1, 0.15) is 33.1 Å². The van der Waals surface area contributed by atoms with Gasteiger partial charge in [-0.1, -0.05) is 13.8 Å². The fourth-order valence-corrected chi connectivity index (χ4v) is 0.996. The molecule has 0 fully saturated rings. The molecule has 0 heterocycles. The van der Waals surface area contributed by atoms with Gasteiger partial charge >= 0.3 is 0 Å². The second kappa shape index (κ2) is 7.50. The number of hydrogen-bond donors (Lipinski definition) is 2. The van der Waals surface area contributed by atoms with E-state index in [2.05, 4.69) is 5.32 Å². The second-order valence-corrected chi connectivity index (χ2v) is 3.55. The Labute approximate surface area is 84.7 Å². The Bertz CT molecular complexity index is 190. The zero-order valence-corrected chi connectivity index (χ0v) is 8.88. The summed E-state index contributed by atoms with van der Waals surface area (Å²) in [5.74, 6) is 0.145. The molecule has 0 aromatic carbocycles. The average Bonchev–Trinajstić information content (AvgIpc) is 2.14. The molecule has 0 atom stereocenters. The Morgan fingerprint density at radius 2 is 1.93 bits per heavy atom. The van der Waals surface area contributed by atoms with Gasteiger partial charge in [0.05, 0.1) is 6.61 Å². The lowest BCUT2D eigenvalue weighted by Crippen LogP contribution is -2.26. The first-order valence-corrected chi connectivity index (χ1v) is 4.98. The van der Waals surface area contributed by atoms with Crippen molar-refractivity contribution in [1.29, 1.82) is 0 Å². The number of carbonyl (C=O) groups is 2. The molecule has 4 heteroatoms. The molecule has 4 nitrogen and oxygen atoms in total. The quantitative estimate of drug-likeness (QED) is 0.630. The van der Waals surface area contributed by atoms with Gasteiger partial charge in [0.1, 0.15) is 5.78 Å². The maximum atomic E-state index is 11.2. The number of rotatable bonds is 7. The summed E-state index contributed by atoms with van der Waals surface area (Å²) < 4.78 is 0. The third-order valence-electron chi connectivity index (χ3n) is 1.90. The highest BCUT2D eigenvalue weighted by molar-refractivity contribution is 5.81. The number of nitrogens with one attached hydrogen (secondary N) is 1. The summed E-state index contributed by atoms with van der Waals surface area (Å²) in [6.07, 6.45) is 1.41. The van der Waals surface area contributed by atoms with Gasteiger partial charge in [-0.15, -0.1) is 0 Å². The maximum Gasteiger partial charge on any atom is 0.220 e. The molecule has 82 valence electrons. The van der Waals surface area contributed by atoms with E-state index in [1.165, 1.54) is 0 Å². The van der Waals surface area contributed by atoms with Crippen molar-refractivity contribution in [2.75, 3.05) is 13.2 Å². The van der Waals surface area contributed by atoms with Crippen LogP contribution in [0.15, 0.2) is 0 Å². The molecular weight excluding hydrogens is 182 g/mol. The lowest BCUT2D eigenvalue weighted by Gasteiger charge is -2.04. The van der Waals surface area contributed by atoms with Crippen molar-refractivity contribution in [3.63, 3.8) is 0 Å². The zero-order valence-electron chi connectivity index (χ0n) is 8.88. The first kappa shape index (κ1) is 13.1. The molecule has 0 saturated heterocycles. The average molecular weight is 201 g/mol. The highest BCUT2D eigenvalue weighted by atomic mass is 16.3. The first-order chi connectivity index (χ1) is 6.57. The summed E-state index contributed by atoms with van der Waals surface area (Å²) in [5, 5.41) is 11.0. The van der Waals surface area contributed by atoms with Crippen molar-refractivity contribution < 1.29 is 14.7 Å². The molecule has 2 N–H and O–H groups in total. The van der Waals surface area contributed by atoms with Gasteiger partial charge in [0.25, 0.3) is 0 Å². The fourth-order valence-electron chi connectivity index (χ4n) is 0.996. The van der Waals surface area contributed by atoms with E-state index >= 15 is 0 Å². The molecule has 0 radical (unpaired) electrons. The molecule has 0 aliphatic heterocycles. The van der Waals surface area contributed by atoms with E-state index in [4.69, 9.17) is 5.11 Å². The van der Waals surface area contributed by atoms with Gasteiger partial charge in [-0.05, 0) is 6.42 Å². The van der Waals surface area contributed by atoms with Crippen molar-refractivity contribution in [3.8, 4) is 0 Å². The van der Waals surface area contributed by atoms with E-state index in [1.807, 2.05) is 13.8 Å². The summed E-state index contributed by atoms with van der Waals surface area (Å²) in [4.78, 5) is 22.2. The minimum Gasteiger partial charge on any atom is -0.395 e. The van der Waals surface area contributed by atoms with Gasteiger partial charge in [-0.25, -0.2) is 0 Å². The highest BCUT2D eigenvalue weighted by Gasteiger charge is 2.07. The lowest BCUT2D eigenvalue weighted by molar-refractivity contribution is -0.123. The highest BCUT2D eigenvalue weighted by Crippen LogP contribution is 2.03. The largest absolute Gasteiger partial charge is 0.395 e. The van der Waals surface area contributed by atoms with E-state index in [0.29, 0.717) is 19.3 Å². The Morgan fingerprint density at radius 3 is 2.43 bits per heavy atom. The molecule has 0 unspecified atom stereocenters. The zero-order chi connectivity index (χ0) is 11.0. The van der Waals surface area contributed by atoms with Crippen LogP contribution in [-0.2, 0) is 9.59 Å². The topological polar surface area (TPSA) is 66.4 Å². The second-order valence-electron chi connectivity index (χ2n) is 3.55. The van der Waals surface area contributed by atoms with Crippen LogP contribution in [0.3, 0.4) is 0 Å². The van der Waals surface area contributed by atoms with Crippen LogP contribution in [0.4, 0.5) is 0 Å². The predicted octanol–water partition coefficient (Wildman–Crippen LogP) is 0.490. The molecule has 0 aliphatic carbocycles. The minimum absolute atomic E-state index is 0.0450. The Morgan fingerprint density at radius 1 is 1.29 bits per heavy atom. The third kappa shape index (κ3) is 6.60. The van der Waals surface area contributed by atoms with E-state index < -0.39 is 0 Å². The van der Waals surface area contributed by atoms with Crippen molar-refractivity contribution in [1.82, 2.24) is 5.32 Å². The van der Waals surface area contributed by atoms with Crippen LogP contribution in [0.25, 0.3) is 0 Å². The molecule has 0 rings (SSSR count). The van der Waals surface area contributed by atoms with Crippen LogP contribution in [0.5, 0.6) is 0 Å². The molecule has 0 bridgehead atoms. The van der Waals surface area contributed by atoms with Crippen LogP contribution in [0.2, 0.25) is 0 Å². The van der Waals surface area contributed by atoms with Crippen molar-refractivity contribution >= 4 is 11.7 Å². The Kier molecular flexibility index (Phi) is 7.02. The van der Waals surface area contributed by atoms with E-state index in [1.54, 1.807) is 0 Å². The first-order valence-electron chi connectivity index (χ1n) is 4.98. The monoisotopic (exact) mass is 201 g/mol. The predicted molar refractivity (Wildman–Crippen MR) is 53.8 cm³/mol. The van der Waals surface area contributed by atoms with Gasteiger partial charge in [-0.3, -0.25) is 9.59 Å². The van der Waals surface area contributed by atoms with E-state index in [9.17, 15) is 9.59 Å². The number of Topliss-reactive ketones (excluding diaryl/α,β-unsaturated/α-hetero) is 1. The minimum atomic E-state index is -0.101. The van der Waals surface area contributed by atoms with E-state index in [-0.39, 0.29) is 30.8 Å². The molecule has 0 aliphatic rings. The third-order valence-corrected chi connectivity index (χ3v) is 1.90. The molecule has 0 aromatic rings. The molecule has 1 amide bonds. The van der Waals surface area contributed by atoms with Gasteiger partial charge in [0.15, 0.2) is 0 Å². The standard InChI is InChI=1S/C10H19NO3/c1-8(2)9(13)4-3-5-10(14)11-6-7-12/h8,12H,3-7H2,1-2H3,(H,11,14). The molecule has 0 aromatic heterocycles. The number of aliphatic hydroxyl groups is 1. The van der Waals surface area contributed by atoms with Crippen molar-refractivity contribution in [3.05, 3.63) is 0 Å². The fraction of sp³-hybridized carbons (Fsp3) is 0.800. The van der Waals surface area contributed by atoms with Gasteiger partial charge in [0.2, 0.25) is 5.91 Å². The summed E-state index contributed by atoms with van der Waals surface area (Å²) in [7, 11) is 0. The number of carbonyl (C=O) groups excluding carboxylic acids is 2. The summed E-state index contributed by atoms with van der Waals surface area (Å²) in [6, 6.07) is 0. The van der Waals surface area contributed by atoms with Crippen LogP contribution in [-0.4, -0.2) is 29.9 Å². The smallest absolute Gasteiger partial charge is 0.220 e. The number of aliphatic hydroxyl groups excluding tert-OH is 1. The van der Waals surface area contributed by atoms with Crippen LogP contribution in [0, 0.1) is 5.92 Å². The summed E-state index contributed by atoms with van der Waals surface area (Å²) >= 11 is 0. The SMILES string of the molecule is CC(C)C(=O)CCCC(=O)NCCO. The Hall–Kier alpha value is -0.900. The van der Waals surface area contributed by atoms with Crippen molar-refractivity contribution in [2.24, 2.45) is 5.92 Å². The maximum absolute atomic E-state index is 11.2. The number of amides is 1. The Balaban J connectivity index is 3.44. The lowest BCUT2D eigenvalue weighted by atomic mass is 10.0.